The van der Waals surface area contributed by atoms with Crippen molar-refractivity contribution in [2.75, 3.05) is 26.3 Å². The standard InChI is InChI=1S/C15H29N3O2/c1-5-19-15(20-6-2)8-10-16-9-7-11-18-14(4)12-13(3)17-18/h12,15-16H,5-11H2,1-4H3. The van der Waals surface area contributed by atoms with Gasteiger partial charge in [-0.1, -0.05) is 0 Å². The summed E-state index contributed by atoms with van der Waals surface area (Å²) in [5.41, 5.74) is 2.32. The molecule has 1 rings (SSSR count). The molecule has 1 N–H and O–H groups in total. The molecule has 116 valence electrons. The van der Waals surface area contributed by atoms with E-state index in [4.69, 9.17) is 9.47 Å². The summed E-state index contributed by atoms with van der Waals surface area (Å²) >= 11 is 0. The maximum Gasteiger partial charge on any atom is 0.158 e. The Hall–Kier alpha value is -0.910. The molecule has 1 aromatic heterocycles. The van der Waals surface area contributed by atoms with E-state index in [0.29, 0.717) is 13.2 Å². The van der Waals surface area contributed by atoms with Crippen LogP contribution in [0.2, 0.25) is 0 Å². The van der Waals surface area contributed by atoms with Gasteiger partial charge >= 0.3 is 0 Å². The molecule has 0 bridgehead atoms. The Bertz CT molecular complexity index is 360. The maximum atomic E-state index is 5.50. The number of nitrogens with one attached hydrogen (secondary N) is 1. The molecule has 1 aromatic rings. The zero-order chi connectivity index (χ0) is 14.8. The Kier molecular flexibility index (Phi) is 8.49. The zero-order valence-corrected chi connectivity index (χ0v) is 13.3. The minimum Gasteiger partial charge on any atom is -0.353 e. The number of ether oxygens (including phenoxy) is 2. The average molecular weight is 283 g/mol. The molecular weight excluding hydrogens is 254 g/mol. The molecule has 5 nitrogen and oxygen atoms in total. The van der Waals surface area contributed by atoms with Crippen LogP contribution in [-0.2, 0) is 16.0 Å². The molecule has 0 fully saturated rings. The Morgan fingerprint density at radius 3 is 2.45 bits per heavy atom. The molecule has 20 heavy (non-hydrogen) atoms. The van der Waals surface area contributed by atoms with Crippen molar-refractivity contribution in [3.8, 4) is 0 Å². The second kappa shape index (κ2) is 9.91. The zero-order valence-electron chi connectivity index (χ0n) is 13.3. The molecule has 0 unspecified atom stereocenters. The highest BCUT2D eigenvalue weighted by molar-refractivity contribution is 5.06. The van der Waals surface area contributed by atoms with Crippen molar-refractivity contribution in [1.29, 1.82) is 0 Å². The van der Waals surface area contributed by atoms with Gasteiger partial charge in [-0.05, 0) is 53.3 Å². The summed E-state index contributed by atoms with van der Waals surface area (Å²) in [5.74, 6) is 0. The van der Waals surface area contributed by atoms with Gasteiger partial charge < -0.3 is 14.8 Å². The number of rotatable bonds is 11. The molecule has 0 atom stereocenters. The van der Waals surface area contributed by atoms with Gasteiger partial charge in [0, 0.05) is 31.9 Å². The molecule has 0 aliphatic rings. The van der Waals surface area contributed by atoms with Crippen LogP contribution in [0.25, 0.3) is 0 Å². The lowest BCUT2D eigenvalue weighted by atomic mass is 10.3. The molecule has 1 heterocycles. The lowest BCUT2D eigenvalue weighted by molar-refractivity contribution is -0.138. The highest BCUT2D eigenvalue weighted by atomic mass is 16.7. The number of hydrogen-bond donors (Lipinski definition) is 1. The number of hydrogen-bond acceptors (Lipinski definition) is 4. The minimum atomic E-state index is -0.0755. The topological polar surface area (TPSA) is 48.3 Å². The van der Waals surface area contributed by atoms with Crippen molar-refractivity contribution in [3.05, 3.63) is 17.5 Å². The van der Waals surface area contributed by atoms with E-state index in [1.807, 2.05) is 20.8 Å². The van der Waals surface area contributed by atoms with Crippen LogP contribution in [0.1, 0.15) is 38.1 Å². The van der Waals surface area contributed by atoms with E-state index in [1.165, 1.54) is 5.69 Å². The smallest absolute Gasteiger partial charge is 0.158 e. The number of nitrogens with zero attached hydrogens (tertiary/aromatic N) is 2. The third-order valence-electron chi connectivity index (χ3n) is 3.09. The van der Waals surface area contributed by atoms with Crippen LogP contribution >= 0.6 is 0 Å². The summed E-state index contributed by atoms with van der Waals surface area (Å²) in [7, 11) is 0. The van der Waals surface area contributed by atoms with Gasteiger partial charge in [0.2, 0.25) is 0 Å². The Balaban J connectivity index is 2.08. The van der Waals surface area contributed by atoms with Crippen LogP contribution in [0.3, 0.4) is 0 Å². The Labute approximate surface area is 122 Å². The van der Waals surface area contributed by atoms with E-state index in [2.05, 4.69) is 28.1 Å². The normalized spacial score (nSPS) is 11.4. The van der Waals surface area contributed by atoms with Gasteiger partial charge in [0.15, 0.2) is 6.29 Å². The van der Waals surface area contributed by atoms with Crippen molar-refractivity contribution in [2.24, 2.45) is 0 Å². The fourth-order valence-corrected chi connectivity index (χ4v) is 2.19. The lowest BCUT2D eigenvalue weighted by Crippen LogP contribution is -2.26. The summed E-state index contributed by atoms with van der Waals surface area (Å²) in [6, 6.07) is 2.11. The first-order valence-electron chi connectivity index (χ1n) is 7.62. The maximum absolute atomic E-state index is 5.50. The molecule has 0 saturated heterocycles. The average Bonchev–Trinajstić information content (AvgIpc) is 2.72. The first-order valence-corrected chi connectivity index (χ1v) is 7.62. The summed E-state index contributed by atoms with van der Waals surface area (Å²) in [5, 5.41) is 7.88. The molecule has 0 saturated carbocycles. The van der Waals surface area contributed by atoms with Crippen molar-refractivity contribution in [2.45, 2.75) is 53.4 Å². The van der Waals surface area contributed by atoms with Gasteiger partial charge in [-0.2, -0.15) is 5.10 Å². The number of aryl methyl sites for hydroxylation is 3. The summed E-state index contributed by atoms with van der Waals surface area (Å²) in [6.45, 7) is 12.4. The molecule has 5 heteroatoms. The largest absolute Gasteiger partial charge is 0.353 e. The third-order valence-corrected chi connectivity index (χ3v) is 3.09. The quantitative estimate of drug-likeness (QED) is 0.500. The second-order valence-corrected chi connectivity index (χ2v) is 4.88. The summed E-state index contributed by atoms with van der Waals surface area (Å²) in [6.07, 6.45) is 1.89. The van der Waals surface area contributed by atoms with Crippen LogP contribution in [0, 0.1) is 13.8 Å². The monoisotopic (exact) mass is 283 g/mol. The van der Waals surface area contributed by atoms with E-state index in [1.54, 1.807) is 0 Å². The lowest BCUT2D eigenvalue weighted by Gasteiger charge is -2.17. The van der Waals surface area contributed by atoms with E-state index in [0.717, 1.165) is 38.2 Å². The second-order valence-electron chi connectivity index (χ2n) is 4.88. The highest BCUT2D eigenvalue weighted by Gasteiger charge is 2.06. The SMILES string of the molecule is CCOC(CCNCCCn1nc(C)cc1C)OCC. The molecule has 0 aliphatic heterocycles. The van der Waals surface area contributed by atoms with Crippen molar-refractivity contribution >= 4 is 0 Å². The molecule has 0 aliphatic carbocycles. The van der Waals surface area contributed by atoms with Gasteiger partial charge in [0.05, 0.1) is 5.69 Å². The van der Waals surface area contributed by atoms with Crippen molar-refractivity contribution in [1.82, 2.24) is 15.1 Å². The minimum absolute atomic E-state index is 0.0755. The third kappa shape index (κ3) is 6.50. The first-order chi connectivity index (χ1) is 9.67. The van der Waals surface area contributed by atoms with Gasteiger partial charge in [0.25, 0.3) is 0 Å². The molecule has 0 spiro atoms. The van der Waals surface area contributed by atoms with E-state index < -0.39 is 0 Å². The van der Waals surface area contributed by atoms with Crippen molar-refractivity contribution < 1.29 is 9.47 Å². The van der Waals surface area contributed by atoms with E-state index in [-0.39, 0.29) is 6.29 Å². The fourth-order valence-electron chi connectivity index (χ4n) is 2.19. The first kappa shape index (κ1) is 17.1. The number of aromatic nitrogens is 2. The summed E-state index contributed by atoms with van der Waals surface area (Å²) < 4.78 is 13.1. The van der Waals surface area contributed by atoms with Crippen LogP contribution < -0.4 is 5.32 Å². The van der Waals surface area contributed by atoms with Crippen LogP contribution in [-0.4, -0.2) is 42.4 Å². The van der Waals surface area contributed by atoms with Crippen LogP contribution in [0.15, 0.2) is 6.07 Å². The summed E-state index contributed by atoms with van der Waals surface area (Å²) in [4.78, 5) is 0. The van der Waals surface area contributed by atoms with Gasteiger partial charge in [-0.25, -0.2) is 0 Å². The van der Waals surface area contributed by atoms with Crippen LogP contribution in [0.4, 0.5) is 0 Å². The van der Waals surface area contributed by atoms with E-state index >= 15 is 0 Å². The van der Waals surface area contributed by atoms with Gasteiger partial charge in [0.1, 0.15) is 0 Å². The van der Waals surface area contributed by atoms with Crippen molar-refractivity contribution in [3.63, 3.8) is 0 Å². The highest BCUT2D eigenvalue weighted by Crippen LogP contribution is 2.02. The van der Waals surface area contributed by atoms with Gasteiger partial charge in [-0.15, -0.1) is 0 Å². The van der Waals surface area contributed by atoms with Crippen LogP contribution in [0.5, 0.6) is 0 Å². The Morgan fingerprint density at radius 1 is 1.20 bits per heavy atom. The van der Waals surface area contributed by atoms with Gasteiger partial charge in [-0.3, -0.25) is 4.68 Å². The molecule has 0 aromatic carbocycles. The fraction of sp³-hybridized carbons (Fsp3) is 0.800. The molecular formula is C15H29N3O2. The molecule has 0 amide bonds. The molecule has 0 radical (unpaired) electrons. The predicted octanol–water partition coefficient (Wildman–Crippen LogP) is 2.27. The Morgan fingerprint density at radius 2 is 1.90 bits per heavy atom. The predicted molar refractivity (Wildman–Crippen MR) is 80.8 cm³/mol. The van der Waals surface area contributed by atoms with E-state index in [9.17, 15) is 0 Å².